The van der Waals surface area contributed by atoms with Gasteiger partial charge in [0.05, 0.1) is 13.1 Å². The topological polar surface area (TPSA) is 157 Å². The Kier molecular flexibility index (Phi) is 32.2. The zero-order chi connectivity index (χ0) is 8.57. The van der Waals surface area contributed by atoms with Crippen molar-refractivity contribution in [3.05, 3.63) is 0 Å². The molecule has 0 aromatic carbocycles. The van der Waals surface area contributed by atoms with Gasteiger partial charge in [0.25, 0.3) is 0 Å². The van der Waals surface area contributed by atoms with Crippen molar-refractivity contribution >= 4 is 11.9 Å². The molecule has 0 fully saturated rings. The second-order valence-corrected chi connectivity index (χ2v) is 1.20. The maximum atomic E-state index is 9.24. The Morgan fingerprint density at radius 2 is 1.08 bits per heavy atom. The van der Waals surface area contributed by atoms with Crippen LogP contribution in [-0.2, 0) is 9.59 Å². The third-order valence-electron chi connectivity index (χ3n) is 0.349. The molecule has 0 aliphatic carbocycles. The molecule has 0 atom stereocenters. The first-order valence-electron chi connectivity index (χ1n) is 2.38. The molecule has 0 aromatic heterocycles. The van der Waals surface area contributed by atoms with Gasteiger partial charge in [-0.15, -0.1) is 0 Å². The Labute approximate surface area is 91.3 Å². The van der Waals surface area contributed by atoms with Crippen LogP contribution < -0.4 is 41.0 Å². The van der Waals surface area contributed by atoms with Gasteiger partial charge in [0.2, 0.25) is 0 Å². The van der Waals surface area contributed by atoms with Gasteiger partial charge in [-0.1, -0.05) is 0 Å². The molecule has 7 nitrogen and oxygen atoms in total. The number of carbonyl (C=O) groups is 2. The van der Waals surface area contributed by atoms with Gasteiger partial charge in [0, 0.05) is 0 Å². The van der Waals surface area contributed by atoms with Crippen LogP contribution in [0.5, 0.6) is 0 Å². The van der Waals surface area contributed by atoms with Crippen molar-refractivity contribution < 1.29 is 54.8 Å². The molecule has 0 unspecified atom stereocenters. The van der Waals surface area contributed by atoms with Crippen molar-refractivity contribution in [2.75, 3.05) is 13.1 Å². The van der Waals surface area contributed by atoms with E-state index >= 15 is 0 Å². The number of nitrogens with two attached hydrogens (primary N) is 2. The van der Waals surface area contributed by atoms with Crippen LogP contribution in [0.3, 0.4) is 0 Å². The molecule has 0 heterocycles. The molecule has 8 heteroatoms. The van der Waals surface area contributed by atoms with E-state index in [1.165, 1.54) is 0 Å². The molecular weight excluding hydrogens is 179 g/mol. The van der Waals surface area contributed by atoms with Crippen LogP contribution in [-0.4, -0.2) is 40.7 Å². The maximum absolute atomic E-state index is 9.24. The molecule has 0 saturated heterocycles. The molecular formula is C4H11N2NaO5. The van der Waals surface area contributed by atoms with E-state index in [1.807, 2.05) is 0 Å². The Bertz CT molecular complexity index is 106. The summed E-state index contributed by atoms with van der Waals surface area (Å²) in [6, 6.07) is 0. The summed E-state index contributed by atoms with van der Waals surface area (Å²) in [5.41, 5.74) is 9.14. The minimum absolute atomic E-state index is 0. The minimum atomic E-state index is -0.968. The second kappa shape index (κ2) is 17.1. The number of hydrogen-bond acceptors (Lipinski definition) is 5. The largest absolute Gasteiger partial charge is 1.00 e. The molecule has 12 heavy (non-hydrogen) atoms. The van der Waals surface area contributed by atoms with E-state index in [-0.39, 0.29) is 48.1 Å². The van der Waals surface area contributed by atoms with Crippen LogP contribution in [0.25, 0.3) is 0 Å². The third-order valence-corrected chi connectivity index (χ3v) is 0.349. The summed E-state index contributed by atoms with van der Waals surface area (Å²) in [6.45, 7) is -0.556. The van der Waals surface area contributed by atoms with Gasteiger partial charge in [-0.3, -0.25) is 9.59 Å². The molecule has 0 saturated carbocycles. The predicted molar refractivity (Wildman–Crippen MR) is 35.3 cm³/mol. The van der Waals surface area contributed by atoms with Gasteiger partial charge in [0.15, 0.2) is 0 Å². The van der Waals surface area contributed by atoms with E-state index in [1.54, 1.807) is 0 Å². The van der Waals surface area contributed by atoms with Gasteiger partial charge in [-0.05, 0) is 0 Å². The smallest absolute Gasteiger partial charge is 0.870 e. The summed E-state index contributed by atoms with van der Waals surface area (Å²) in [6.07, 6.45) is 0. The molecule has 0 radical (unpaired) electrons. The van der Waals surface area contributed by atoms with Crippen molar-refractivity contribution in [1.82, 2.24) is 0 Å². The first-order chi connectivity index (χ1) is 4.54. The van der Waals surface area contributed by atoms with Gasteiger partial charge in [0.1, 0.15) is 0 Å². The van der Waals surface area contributed by atoms with Crippen LogP contribution in [0.4, 0.5) is 0 Å². The van der Waals surface area contributed by atoms with Crippen LogP contribution in [0, 0.1) is 0 Å². The molecule has 0 spiro atoms. The fourth-order valence-corrected chi connectivity index (χ4v) is 0. The second-order valence-electron chi connectivity index (χ2n) is 1.20. The minimum Gasteiger partial charge on any atom is -0.870 e. The van der Waals surface area contributed by atoms with Gasteiger partial charge in [-0.2, -0.15) is 0 Å². The van der Waals surface area contributed by atoms with E-state index in [0.717, 1.165) is 0 Å². The molecule has 0 rings (SSSR count). The number of carboxylic acids is 2. The van der Waals surface area contributed by atoms with Crippen molar-refractivity contribution in [3.63, 3.8) is 0 Å². The van der Waals surface area contributed by atoms with E-state index in [9.17, 15) is 9.59 Å². The molecule has 7 N–H and O–H groups in total. The maximum Gasteiger partial charge on any atom is 1.00 e. The molecule has 0 aliphatic heterocycles. The van der Waals surface area contributed by atoms with Gasteiger partial charge >= 0.3 is 41.5 Å². The quantitative estimate of drug-likeness (QED) is 0.317. The molecule has 0 aromatic rings. The summed E-state index contributed by atoms with van der Waals surface area (Å²) in [5, 5.41) is 15.2. The number of rotatable bonds is 2. The van der Waals surface area contributed by atoms with Crippen LogP contribution in [0.2, 0.25) is 0 Å². The summed E-state index contributed by atoms with van der Waals surface area (Å²) in [4.78, 5) is 18.5. The molecule has 0 bridgehead atoms. The van der Waals surface area contributed by atoms with E-state index < -0.39 is 11.9 Å². The Morgan fingerprint density at radius 3 is 1.08 bits per heavy atom. The fraction of sp³-hybridized carbons (Fsp3) is 0.500. The number of aliphatic carboxylic acids is 2. The number of hydrogen-bond donors (Lipinski definition) is 4. The van der Waals surface area contributed by atoms with Crippen molar-refractivity contribution in [2.24, 2.45) is 11.5 Å². The molecule has 68 valence electrons. The monoisotopic (exact) mass is 190 g/mol. The standard InChI is InChI=1S/2C2H5NO2.Na.H2O/c2*3-1-2(4)5;;/h2*1,3H2,(H,4,5);;1H2/q;;+1;/p-1. The van der Waals surface area contributed by atoms with Gasteiger partial charge in [-0.25, -0.2) is 0 Å². The van der Waals surface area contributed by atoms with Crippen molar-refractivity contribution in [3.8, 4) is 0 Å². The Hall–Kier alpha value is -0.180. The molecule has 0 amide bonds. The van der Waals surface area contributed by atoms with E-state index in [0.29, 0.717) is 0 Å². The normalized spacial score (nSPS) is 6.17. The van der Waals surface area contributed by atoms with E-state index in [4.69, 9.17) is 10.2 Å². The average Bonchev–Trinajstić information content (AvgIpc) is 1.89. The van der Waals surface area contributed by atoms with Gasteiger partial charge < -0.3 is 27.2 Å². The van der Waals surface area contributed by atoms with Crippen LogP contribution >= 0.6 is 0 Å². The zero-order valence-electron chi connectivity index (χ0n) is 6.73. The summed E-state index contributed by atoms with van der Waals surface area (Å²) in [5.74, 6) is -1.94. The third kappa shape index (κ3) is 52.4. The Morgan fingerprint density at radius 1 is 1.00 bits per heavy atom. The first kappa shape index (κ1) is 22.6. The summed E-state index contributed by atoms with van der Waals surface area (Å²) < 4.78 is 0. The summed E-state index contributed by atoms with van der Waals surface area (Å²) in [7, 11) is 0. The Balaban J connectivity index is -0.0000000457. The van der Waals surface area contributed by atoms with Crippen molar-refractivity contribution in [1.29, 1.82) is 0 Å². The van der Waals surface area contributed by atoms with Crippen LogP contribution in [0.1, 0.15) is 0 Å². The van der Waals surface area contributed by atoms with E-state index in [2.05, 4.69) is 11.5 Å². The van der Waals surface area contributed by atoms with Crippen LogP contribution in [0.15, 0.2) is 0 Å². The SMILES string of the molecule is NCC(=O)O.NCC(=O)O.[Na+].[OH-]. The number of carboxylic acid groups (broad SMARTS) is 2. The predicted octanol–water partition coefficient (Wildman–Crippen LogP) is -5.11. The fourth-order valence-electron chi connectivity index (χ4n) is 0. The van der Waals surface area contributed by atoms with Crippen molar-refractivity contribution in [2.45, 2.75) is 0 Å². The average molecular weight is 190 g/mol. The molecule has 0 aliphatic rings. The first-order valence-corrected chi connectivity index (χ1v) is 2.38. The summed E-state index contributed by atoms with van der Waals surface area (Å²) >= 11 is 0. The zero-order valence-corrected chi connectivity index (χ0v) is 8.73.